The number of hydrogen-bond acceptors (Lipinski definition) is 6. The van der Waals surface area contributed by atoms with E-state index in [0.717, 1.165) is 48.1 Å². The smallest absolute Gasteiger partial charge is 0.227 e. The number of anilines is 1. The molecular formula is C20H19ClN8. The van der Waals surface area contributed by atoms with E-state index in [9.17, 15) is 0 Å². The first-order valence-electron chi connectivity index (χ1n) is 9.45. The maximum atomic E-state index is 6.11. The fraction of sp³-hybridized carbons (Fsp3) is 0.250. The maximum absolute atomic E-state index is 6.11. The normalized spacial score (nSPS) is 16.5. The van der Waals surface area contributed by atoms with Crippen molar-refractivity contribution in [2.75, 3.05) is 11.4 Å². The minimum atomic E-state index is 0.108. The molecule has 29 heavy (non-hydrogen) atoms. The Morgan fingerprint density at radius 3 is 2.76 bits per heavy atom. The van der Waals surface area contributed by atoms with E-state index in [2.05, 4.69) is 30.4 Å². The molecule has 0 bridgehead atoms. The molecular weight excluding hydrogens is 388 g/mol. The zero-order valence-electron chi connectivity index (χ0n) is 15.9. The molecule has 4 heterocycles. The Hall–Kier alpha value is -3.26. The van der Waals surface area contributed by atoms with Crippen molar-refractivity contribution in [1.29, 1.82) is 0 Å². The molecule has 4 aromatic rings. The lowest BCUT2D eigenvalue weighted by atomic mass is 10.1. The zero-order valence-corrected chi connectivity index (χ0v) is 16.6. The van der Waals surface area contributed by atoms with Gasteiger partial charge >= 0.3 is 0 Å². The average Bonchev–Trinajstić information content (AvgIpc) is 3.47. The number of rotatable bonds is 4. The van der Waals surface area contributed by atoms with E-state index < -0.39 is 0 Å². The van der Waals surface area contributed by atoms with Crippen LogP contribution in [0.5, 0.6) is 0 Å². The van der Waals surface area contributed by atoms with Crippen LogP contribution in [-0.2, 0) is 7.05 Å². The fourth-order valence-electron chi connectivity index (χ4n) is 3.81. The Labute approximate surface area is 172 Å². The summed E-state index contributed by atoms with van der Waals surface area (Å²) in [6.45, 7) is 0.900. The van der Waals surface area contributed by atoms with E-state index in [1.54, 1.807) is 17.1 Å². The monoisotopic (exact) mass is 406 g/mol. The van der Waals surface area contributed by atoms with Crippen LogP contribution in [0.15, 0.2) is 55.0 Å². The molecule has 0 saturated carbocycles. The van der Waals surface area contributed by atoms with Gasteiger partial charge in [-0.15, -0.1) is 15.3 Å². The van der Waals surface area contributed by atoms with Gasteiger partial charge in [-0.3, -0.25) is 9.55 Å². The molecule has 9 heteroatoms. The van der Waals surface area contributed by atoms with Gasteiger partial charge in [0.25, 0.3) is 0 Å². The second-order valence-electron chi connectivity index (χ2n) is 7.04. The maximum Gasteiger partial charge on any atom is 0.227 e. The second kappa shape index (κ2) is 7.29. The second-order valence-corrected chi connectivity index (χ2v) is 7.47. The molecule has 0 aliphatic carbocycles. The van der Waals surface area contributed by atoms with Gasteiger partial charge in [0.2, 0.25) is 5.95 Å². The summed E-state index contributed by atoms with van der Waals surface area (Å²) in [7, 11) is 1.99. The summed E-state index contributed by atoms with van der Waals surface area (Å²) in [6, 6.07) is 11.6. The molecule has 1 aromatic carbocycles. The first-order chi connectivity index (χ1) is 14.2. The average molecular weight is 407 g/mol. The van der Waals surface area contributed by atoms with Crippen molar-refractivity contribution in [3.63, 3.8) is 0 Å². The number of halogens is 1. The lowest BCUT2D eigenvalue weighted by molar-refractivity contribution is 0.662. The van der Waals surface area contributed by atoms with E-state index in [1.165, 1.54) is 0 Å². The van der Waals surface area contributed by atoms with E-state index >= 15 is 0 Å². The highest BCUT2D eigenvalue weighted by Crippen LogP contribution is 2.35. The third kappa shape index (κ3) is 3.25. The van der Waals surface area contributed by atoms with Crippen molar-refractivity contribution in [2.24, 2.45) is 7.05 Å². The Morgan fingerprint density at radius 2 is 1.93 bits per heavy atom. The van der Waals surface area contributed by atoms with Gasteiger partial charge in [0.05, 0.1) is 17.9 Å². The summed E-state index contributed by atoms with van der Waals surface area (Å²) < 4.78 is 3.78. The van der Waals surface area contributed by atoms with E-state index in [0.29, 0.717) is 5.02 Å². The predicted molar refractivity (Wildman–Crippen MR) is 110 cm³/mol. The van der Waals surface area contributed by atoms with Crippen LogP contribution in [0.2, 0.25) is 5.02 Å². The van der Waals surface area contributed by atoms with Gasteiger partial charge in [0.1, 0.15) is 5.69 Å². The third-order valence-electron chi connectivity index (χ3n) is 5.23. The van der Waals surface area contributed by atoms with Crippen LogP contribution < -0.4 is 4.90 Å². The van der Waals surface area contributed by atoms with E-state index in [-0.39, 0.29) is 6.04 Å². The quantitative estimate of drug-likeness (QED) is 0.516. The van der Waals surface area contributed by atoms with Crippen molar-refractivity contribution < 1.29 is 0 Å². The molecule has 1 atom stereocenters. The minimum absolute atomic E-state index is 0.108. The van der Waals surface area contributed by atoms with Crippen LogP contribution in [0.3, 0.4) is 0 Å². The van der Waals surface area contributed by atoms with E-state index in [4.69, 9.17) is 11.6 Å². The summed E-state index contributed by atoms with van der Waals surface area (Å²) in [6.07, 6.45) is 7.54. The van der Waals surface area contributed by atoms with Gasteiger partial charge in [0, 0.05) is 36.6 Å². The molecule has 0 N–H and O–H groups in total. The summed E-state index contributed by atoms with van der Waals surface area (Å²) in [5, 5.41) is 18.3. The van der Waals surface area contributed by atoms with Crippen molar-refractivity contribution >= 4 is 17.5 Å². The Morgan fingerprint density at radius 1 is 1.07 bits per heavy atom. The van der Waals surface area contributed by atoms with Crippen LogP contribution in [0.25, 0.3) is 17.1 Å². The molecule has 1 unspecified atom stereocenters. The molecule has 1 saturated heterocycles. The number of hydrogen-bond donors (Lipinski definition) is 0. The van der Waals surface area contributed by atoms with Crippen molar-refractivity contribution in [2.45, 2.75) is 18.9 Å². The van der Waals surface area contributed by atoms with Gasteiger partial charge < -0.3 is 4.90 Å². The molecule has 0 spiro atoms. The highest BCUT2D eigenvalue weighted by molar-refractivity contribution is 6.30. The molecule has 5 rings (SSSR count). The van der Waals surface area contributed by atoms with Gasteiger partial charge in [-0.25, -0.2) is 4.68 Å². The number of aromatic nitrogens is 7. The van der Waals surface area contributed by atoms with Gasteiger partial charge in [0.15, 0.2) is 5.82 Å². The van der Waals surface area contributed by atoms with Crippen LogP contribution in [-0.4, -0.2) is 41.3 Å². The topological polar surface area (TPSA) is 77.5 Å². The fourth-order valence-corrected chi connectivity index (χ4v) is 4.00. The molecule has 1 aliphatic rings. The molecule has 1 fully saturated rings. The number of nitrogens with zero attached hydrogens (tertiary/aromatic N) is 8. The first kappa shape index (κ1) is 17.8. The third-order valence-corrected chi connectivity index (χ3v) is 5.46. The zero-order chi connectivity index (χ0) is 19.8. The Kier molecular flexibility index (Phi) is 4.48. The minimum Gasteiger partial charge on any atom is -0.332 e. The van der Waals surface area contributed by atoms with Gasteiger partial charge in [-0.2, -0.15) is 0 Å². The largest absolute Gasteiger partial charge is 0.332 e. The molecule has 1 aliphatic heterocycles. The molecule has 0 radical (unpaired) electrons. The summed E-state index contributed by atoms with van der Waals surface area (Å²) in [4.78, 5) is 6.33. The Bertz CT molecular complexity index is 1140. The first-order valence-corrected chi connectivity index (χ1v) is 9.83. The highest BCUT2D eigenvalue weighted by Gasteiger charge is 2.32. The molecule has 8 nitrogen and oxygen atoms in total. The van der Waals surface area contributed by atoms with Crippen molar-refractivity contribution in [3.05, 3.63) is 65.7 Å². The summed E-state index contributed by atoms with van der Waals surface area (Å²) >= 11 is 6.11. The van der Waals surface area contributed by atoms with E-state index in [1.807, 2.05) is 54.2 Å². The lowest BCUT2D eigenvalue weighted by Gasteiger charge is -2.23. The number of benzene rings is 1. The van der Waals surface area contributed by atoms with Crippen LogP contribution >= 0.6 is 11.6 Å². The van der Waals surface area contributed by atoms with Crippen LogP contribution in [0, 0.1) is 0 Å². The highest BCUT2D eigenvalue weighted by atomic mass is 35.5. The van der Waals surface area contributed by atoms with Crippen molar-refractivity contribution in [3.8, 4) is 17.1 Å². The van der Waals surface area contributed by atoms with Crippen LogP contribution in [0.1, 0.15) is 24.6 Å². The number of pyridine rings is 1. The summed E-state index contributed by atoms with van der Waals surface area (Å²) in [5.41, 5.74) is 2.79. The van der Waals surface area contributed by atoms with Crippen LogP contribution in [0.4, 0.5) is 5.95 Å². The molecule has 3 aromatic heterocycles. The standard InChI is InChI=1S/C20H19ClN8/c1-27-19(14-7-9-22-10-8-14)24-25-20(27)28-11-3-6-18(28)17-13-29(26-23-17)16-5-2-4-15(21)12-16/h2,4-5,7-10,12-13,18H,3,6,11H2,1H3. The Balaban J connectivity index is 1.45. The lowest BCUT2D eigenvalue weighted by Crippen LogP contribution is -2.25. The predicted octanol–water partition coefficient (Wildman–Crippen LogP) is 3.45. The van der Waals surface area contributed by atoms with Gasteiger partial charge in [-0.05, 0) is 43.2 Å². The van der Waals surface area contributed by atoms with Crippen molar-refractivity contribution in [1.82, 2.24) is 34.7 Å². The SMILES string of the molecule is Cn1c(-c2ccncc2)nnc1N1CCCC1c1cn(-c2cccc(Cl)c2)nn1. The van der Waals surface area contributed by atoms with Gasteiger partial charge in [-0.1, -0.05) is 22.9 Å². The summed E-state index contributed by atoms with van der Waals surface area (Å²) in [5.74, 6) is 1.65. The molecule has 146 valence electrons. The molecule has 0 amide bonds.